The van der Waals surface area contributed by atoms with Crippen LogP contribution in [-0.2, 0) is 9.53 Å². The van der Waals surface area contributed by atoms with E-state index in [0.29, 0.717) is 39.1 Å². The number of ether oxygens (including phenoxy) is 3. The van der Waals surface area contributed by atoms with E-state index in [1.54, 1.807) is 37.3 Å². The van der Waals surface area contributed by atoms with E-state index in [0.717, 1.165) is 4.90 Å². The third-order valence-corrected chi connectivity index (χ3v) is 5.87. The molecule has 0 saturated carbocycles. The van der Waals surface area contributed by atoms with Crippen LogP contribution in [0.15, 0.2) is 58.6 Å². The van der Waals surface area contributed by atoms with Crippen LogP contribution in [0.1, 0.15) is 18.5 Å². The van der Waals surface area contributed by atoms with Gasteiger partial charge in [0.25, 0.3) is 0 Å². The molecule has 2 aliphatic rings. The largest absolute Gasteiger partial charge is 0.463 e. The minimum Gasteiger partial charge on any atom is -0.463 e. The molecule has 9 heteroatoms. The molecule has 4 rings (SSSR count). The molecule has 1 atom stereocenters. The fourth-order valence-electron chi connectivity index (χ4n) is 3.21. The molecule has 156 valence electrons. The molecule has 2 N–H and O–H groups in total. The van der Waals surface area contributed by atoms with Crippen molar-refractivity contribution in [1.29, 1.82) is 0 Å². The van der Waals surface area contributed by atoms with Gasteiger partial charge in [-0.25, -0.2) is 9.59 Å². The number of urea groups is 1. The first-order chi connectivity index (χ1) is 14.5. The van der Waals surface area contributed by atoms with Crippen molar-refractivity contribution in [3.63, 3.8) is 0 Å². The Balaban J connectivity index is 1.68. The zero-order valence-electron chi connectivity index (χ0n) is 16.1. The number of nitrogens with one attached hydrogen (secondary N) is 2. The van der Waals surface area contributed by atoms with Crippen LogP contribution in [0, 0.1) is 0 Å². The molecule has 2 aromatic rings. The summed E-state index contributed by atoms with van der Waals surface area (Å²) in [6.45, 7) is 2.10. The first kappa shape index (κ1) is 20.4. The topological polar surface area (TPSA) is 85.9 Å². The molecule has 30 heavy (non-hydrogen) atoms. The number of halogens is 1. The summed E-state index contributed by atoms with van der Waals surface area (Å²) < 4.78 is 16.1. The van der Waals surface area contributed by atoms with Gasteiger partial charge in [-0.1, -0.05) is 17.7 Å². The van der Waals surface area contributed by atoms with Crippen LogP contribution < -0.4 is 20.1 Å². The van der Waals surface area contributed by atoms with Gasteiger partial charge in [-0.2, -0.15) is 0 Å². The molecule has 0 fully saturated rings. The summed E-state index contributed by atoms with van der Waals surface area (Å²) in [4.78, 5) is 26.2. The highest BCUT2D eigenvalue weighted by atomic mass is 35.5. The maximum atomic E-state index is 12.8. The van der Waals surface area contributed by atoms with E-state index in [1.807, 2.05) is 12.1 Å². The van der Waals surface area contributed by atoms with Crippen molar-refractivity contribution in [1.82, 2.24) is 10.6 Å². The van der Waals surface area contributed by atoms with Crippen molar-refractivity contribution in [3.05, 3.63) is 64.3 Å². The number of hydrogen-bond acceptors (Lipinski definition) is 6. The zero-order valence-corrected chi connectivity index (χ0v) is 17.6. The Hall–Kier alpha value is -2.84. The Bertz CT molecular complexity index is 1010. The van der Waals surface area contributed by atoms with E-state index in [-0.39, 0.29) is 13.4 Å². The highest BCUT2D eigenvalue weighted by molar-refractivity contribution is 7.99. The second-order valence-electron chi connectivity index (χ2n) is 6.50. The van der Waals surface area contributed by atoms with Crippen LogP contribution in [-0.4, -0.2) is 31.2 Å². The van der Waals surface area contributed by atoms with Crippen LogP contribution in [0.4, 0.5) is 4.79 Å². The minimum atomic E-state index is -0.673. The molecule has 0 aliphatic carbocycles. The van der Waals surface area contributed by atoms with Crippen molar-refractivity contribution >= 4 is 35.4 Å². The summed E-state index contributed by atoms with van der Waals surface area (Å²) in [5, 5.41) is 6.22. The average molecular weight is 447 g/mol. The Labute approximate surface area is 182 Å². The number of thioether (sulfide) groups is 1. The quantitative estimate of drug-likeness (QED) is 0.514. The molecule has 0 saturated heterocycles. The van der Waals surface area contributed by atoms with Gasteiger partial charge in [0.05, 0.1) is 18.2 Å². The van der Waals surface area contributed by atoms with Crippen LogP contribution in [0.2, 0.25) is 5.02 Å². The van der Waals surface area contributed by atoms with Gasteiger partial charge in [0, 0.05) is 21.4 Å². The van der Waals surface area contributed by atoms with E-state index in [1.165, 1.54) is 11.8 Å². The van der Waals surface area contributed by atoms with Gasteiger partial charge in [-0.3, -0.25) is 0 Å². The summed E-state index contributed by atoms with van der Waals surface area (Å²) in [6.07, 6.45) is 0. The van der Waals surface area contributed by atoms with Crippen molar-refractivity contribution in [3.8, 4) is 11.5 Å². The lowest BCUT2D eigenvalue weighted by molar-refractivity contribution is -0.139. The van der Waals surface area contributed by atoms with Crippen molar-refractivity contribution in [2.45, 2.75) is 17.9 Å². The number of amides is 2. The summed E-state index contributed by atoms with van der Waals surface area (Å²) in [5.74, 6) is 1.09. The van der Waals surface area contributed by atoms with Crippen LogP contribution in [0.3, 0.4) is 0 Å². The number of benzene rings is 2. The SMILES string of the molecule is CCOC(=O)C1=C(CSc2ccc(Cl)cc2)NC(=O)NC1c1ccc2c(c1)OCO2. The smallest absolute Gasteiger partial charge is 0.338 e. The molecule has 1 unspecified atom stereocenters. The second kappa shape index (κ2) is 8.89. The molecule has 7 nitrogen and oxygen atoms in total. The van der Waals surface area contributed by atoms with E-state index in [2.05, 4.69) is 10.6 Å². The lowest BCUT2D eigenvalue weighted by Gasteiger charge is -2.29. The van der Waals surface area contributed by atoms with Gasteiger partial charge in [-0.15, -0.1) is 11.8 Å². The molecule has 2 heterocycles. The molecule has 0 spiro atoms. The number of fused-ring (bicyclic) bond motifs is 1. The minimum absolute atomic E-state index is 0.140. The molecule has 2 amide bonds. The van der Waals surface area contributed by atoms with E-state index < -0.39 is 18.0 Å². The summed E-state index contributed by atoms with van der Waals surface area (Å²) in [6, 6.07) is 11.6. The normalized spacial score (nSPS) is 17.4. The van der Waals surface area contributed by atoms with Gasteiger partial charge in [0.15, 0.2) is 11.5 Å². The van der Waals surface area contributed by atoms with Gasteiger partial charge in [0.1, 0.15) is 0 Å². The lowest BCUT2D eigenvalue weighted by Crippen LogP contribution is -2.46. The lowest BCUT2D eigenvalue weighted by atomic mass is 9.95. The molecule has 0 aromatic heterocycles. The van der Waals surface area contributed by atoms with Crippen LogP contribution in [0.5, 0.6) is 11.5 Å². The zero-order chi connectivity index (χ0) is 21.1. The fraction of sp³-hybridized carbons (Fsp3) is 0.238. The highest BCUT2D eigenvalue weighted by Crippen LogP contribution is 2.37. The van der Waals surface area contributed by atoms with Gasteiger partial charge >= 0.3 is 12.0 Å². The number of rotatable bonds is 6. The monoisotopic (exact) mass is 446 g/mol. The average Bonchev–Trinajstić information content (AvgIpc) is 3.21. The molecule has 0 bridgehead atoms. The molecular weight excluding hydrogens is 428 g/mol. The molecule has 2 aliphatic heterocycles. The Morgan fingerprint density at radius 1 is 1.20 bits per heavy atom. The van der Waals surface area contributed by atoms with Crippen LogP contribution >= 0.6 is 23.4 Å². The summed E-state index contributed by atoms with van der Waals surface area (Å²) in [7, 11) is 0. The third kappa shape index (κ3) is 4.34. The first-order valence-corrected chi connectivity index (χ1v) is 10.7. The number of esters is 1. The maximum Gasteiger partial charge on any atom is 0.338 e. The standard InChI is InChI=1S/C21H19ClN2O5S/c1-2-27-20(25)18-15(10-30-14-6-4-13(22)5-7-14)23-21(26)24-19(18)12-3-8-16-17(9-12)29-11-28-16/h3-9,19H,2,10-11H2,1H3,(H2,23,24,26). The first-order valence-electron chi connectivity index (χ1n) is 9.30. The second-order valence-corrected chi connectivity index (χ2v) is 7.98. The maximum absolute atomic E-state index is 12.8. The number of carbonyl (C=O) groups excluding carboxylic acids is 2. The summed E-state index contributed by atoms with van der Waals surface area (Å²) in [5.41, 5.74) is 1.56. The van der Waals surface area contributed by atoms with Crippen LogP contribution in [0.25, 0.3) is 0 Å². The number of hydrogen-bond donors (Lipinski definition) is 2. The van der Waals surface area contributed by atoms with Gasteiger partial charge < -0.3 is 24.8 Å². The van der Waals surface area contributed by atoms with Crippen molar-refractivity contribution < 1.29 is 23.8 Å². The predicted octanol–water partition coefficient (Wildman–Crippen LogP) is 4.03. The predicted molar refractivity (Wildman–Crippen MR) is 113 cm³/mol. The third-order valence-electron chi connectivity index (χ3n) is 4.58. The van der Waals surface area contributed by atoms with E-state index >= 15 is 0 Å². The van der Waals surface area contributed by atoms with E-state index in [4.69, 9.17) is 25.8 Å². The summed E-state index contributed by atoms with van der Waals surface area (Å²) >= 11 is 7.42. The highest BCUT2D eigenvalue weighted by Gasteiger charge is 2.34. The van der Waals surface area contributed by atoms with Gasteiger partial charge in [-0.05, 0) is 48.9 Å². The molecule has 2 aromatic carbocycles. The Morgan fingerprint density at radius 2 is 1.97 bits per heavy atom. The van der Waals surface area contributed by atoms with Crippen molar-refractivity contribution in [2.75, 3.05) is 19.2 Å². The Kier molecular flexibility index (Phi) is 6.06. The fourth-order valence-corrected chi connectivity index (χ4v) is 4.20. The Morgan fingerprint density at radius 3 is 2.73 bits per heavy atom. The molecular formula is C21H19ClN2O5S. The van der Waals surface area contributed by atoms with Crippen molar-refractivity contribution in [2.24, 2.45) is 0 Å². The molecule has 0 radical (unpaired) electrons. The number of carbonyl (C=O) groups is 2. The van der Waals surface area contributed by atoms with Gasteiger partial charge in [0.2, 0.25) is 6.79 Å². The van der Waals surface area contributed by atoms with E-state index in [9.17, 15) is 9.59 Å².